The van der Waals surface area contributed by atoms with Crippen LogP contribution in [0.2, 0.25) is 0 Å². The molecule has 1 heterocycles. The van der Waals surface area contributed by atoms with Gasteiger partial charge in [0, 0.05) is 38.8 Å². The maximum atomic E-state index is 10.5. The van der Waals surface area contributed by atoms with Gasteiger partial charge in [-0.1, -0.05) is 25.1 Å². The van der Waals surface area contributed by atoms with Gasteiger partial charge < -0.3 is 5.11 Å². The second-order valence-corrected chi connectivity index (χ2v) is 6.45. The molecule has 1 aliphatic heterocycles. The molecule has 0 radical (unpaired) electrons. The van der Waals surface area contributed by atoms with E-state index < -0.39 is 0 Å². The summed E-state index contributed by atoms with van der Waals surface area (Å²) in [6, 6.07) is 6.96. The van der Waals surface area contributed by atoms with Crippen molar-refractivity contribution in [2.45, 2.75) is 46.3 Å². The Hall–Kier alpha value is -0.900. The van der Waals surface area contributed by atoms with Gasteiger partial charge in [0.1, 0.15) is 0 Å². The molecule has 2 atom stereocenters. The summed E-state index contributed by atoms with van der Waals surface area (Å²) in [6.45, 7) is 13.9. The summed E-state index contributed by atoms with van der Waals surface area (Å²) in [6.07, 6.45) is 0.838. The summed E-state index contributed by atoms with van der Waals surface area (Å²) < 4.78 is 0. The number of aryl methyl sites for hydroxylation is 2. The Morgan fingerprint density at radius 1 is 1.10 bits per heavy atom. The second-order valence-electron chi connectivity index (χ2n) is 6.45. The van der Waals surface area contributed by atoms with Crippen molar-refractivity contribution >= 4 is 0 Å². The Balaban J connectivity index is 1.86. The van der Waals surface area contributed by atoms with E-state index in [-0.39, 0.29) is 6.10 Å². The molecule has 0 amide bonds. The molecule has 0 aliphatic carbocycles. The number of aliphatic hydroxyl groups excluding tert-OH is 1. The van der Waals surface area contributed by atoms with E-state index >= 15 is 0 Å². The molecule has 2 rings (SSSR count). The molecule has 0 bridgehead atoms. The van der Waals surface area contributed by atoms with Gasteiger partial charge in [0.05, 0.1) is 6.10 Å². The van der Waals surface area contributed by atoms with Crippen molar-refractivity contribution in [3.05, 3.63) is 34.9 Å². The molecule has 1 N–H and O–H groups in total. The number of aliphatic hydroxyl groups is 1. The van der Waals surface area contributed by atoms with Gasteiger partial charge in [-0.25, -0.2) is 0 Å². The topological polar surface area (TPSA) is 26.7 Å². The number of hydrogen-bond donors (Lipinski definition) is 1. The van der Waals surface area contributed by atoms with Crippen molar-refractivity contribution in [3.63, 3.8) is 0 Å². The third kappa shape index (κ3) is 4.29. The first-order chi connectivity index (χ1) is 10.0. The van der Waals surface area contributed by atoms with Crippen molar-refractivity contribution in [1.82, 2.24) is 9.80 Å². The first-order valence-electron chi connectivity index (χ1n) is 8.23. The first-order valence-corrected chi connectivity index (χ1v) is 8.23. The quantitative estimate of drug-likeness (QED) is 0.903. The Morgan fingerprint density at radius 2 is 1.76 bits per heavy atom. The molecule has 2 unspecified atom stereocenters. The summed E-state index contributed by atoms with van der Waals surface area (Å²) in [7, 11) is 0. The maximum absolute atomic E-state index is 10.5. The SMILES string of the molecule is CCC(C)N1CCN(CC(O)c2ccc(C)c(C)c2)CC1. The minimum Gasteiger partial charge on any atom is -0.387 e. The van der Waals surface area contributed by atoms with Gasteiger partial charge >= 0.3 is 0 Å². The van der Waals surface area contributed by atoms with Gasteiger partial charge in [-0.2, -0.15) is 0 Å². The van der Waals surface area contributed by atoms with Crippen LogP contribution in [0.1, 0.15) is 43.1 Å². The molecule has 1 aromatic carbocycles. The molecular formula is C18H30N2O. The van der Waals surface area contributed by atoms with Crippen LogP contribution >= 0.6 is 0 Å². The van der Waals surface area contributed by atoms with E-state index in [4.69, 9.17) is 0 Å². The number of benzene rings is 1. The fourth-order valence-electron chi connectivity index (χ4n) is 2.97. The number of piperazine rings is 1. The normalized spacial score (nSPS) is 20.4. The smallest absolute Gasteiger partial charge is 0.0917 e. The highest BCUT2D eigenvalue weighted by molar-refractivity contribution is 5.31. The molecule has 3 heteroatoms. The fourth-order valence-corrected chi connectivity index (χ4v) is 2.97. The van der Waals surface area contributed by atoms with Crippen molar-refractivity contribution in [3.8, 4) is 0 Å². The Kier molecular flexibility index (Phi) is 5.80. The third-order valence-electron chi connectivity index (χ3n) is 4.97. The van der Waals surface area contributed by atoms with Crippen molar-refractivity contribution in [1.29, 1.82) is 0 Å². The van der Waals surface area contributed by atoms with Gasteiger partial charge in [0.25, 0.3) is 0 Å². The van der Waals surface area contributed by atoms with Crippen LogP contribution in [0.25, 0.3) is 0 Å². The number of rotatable bonds is 5. The zero-order valence-electron chi connectivity index (χ0n) is 14.0. The second kappa shape index (κ2) is 7.39. The third-order valence-corrected chi connectivity index (χ3v) is 4.97. The minimum absolute atomic E-state index is 0.376. The lowest BCUT2D eigenvalue weighted by Crippen LogP contribution is -2.50. The first kappa shape index (κ1) is 16.5. The number of β-amino-alcohol motifs (C(OH)–C–C–N with tert-alkyl or cyclic N) is 1. The molecule has 0 spiro atoms. The summed E-state index contributed by atoms with van der Waals surface area (Å²) in [5.41, 5.74) is 3.59. The Morgan fingerprint density at radius 3 is 2.33 bits per heavy atom. The Labute approximate surface area is 129 Å². The minimum atomic E-state index is -0.376. The number of nitrogens with zero attached hydrogens (tertiary/aromatic N) is 2. The summed E-state index contributed by atoms with van der Waals surface area (Å²) in [5.74, 6) is 0. The van der Waals surface area contributed by atoms with E-state index in [1.165, 1.54) is 17.5 Å². The molecule has 21 heavy (non-hydrogen) atoms. The van der Waals surface area contributed by atoms with E-state index in [9.17, 15) is 5.11 Å². The van der Waals surface area contributed by atoms with Gasteiger partial charge in [-0.3, -0.25) is 9.80 Å². The predicted octanol–water partition coefficient (Wildman–Crippen LogP) is 2.75. The lowest BCUT2D eigenvalue weighted by atomic mass is 10.0. The van der Waals surface area contributed by atoms with Crippen molar-refractivity contribution in [2.75, 3.05) is 32.7 Å². The van der Waals surface area contributed by atoms with E-state index in [0.29, 0.717) is 6.04 Å². The molecule has 1 fully saturated rings. The molecule has 118 valence electrons. The molecule has 1 aliphatic rings. The van der Waals surface area contributed by atoms with E-state index in [0.717, 1.165) is 38.3 Å². The average molecular weight is 290 g/mol. The van der Waals surface area contributed by atoms with Crippen LogP contribution in [0, 0.1) is 13.8 Å². The van der Waals surface area contributed by atoms with Crippen LogP contribution in [0.3, 0.4) is 0 Å². The van der Waals surface area contributed by atoms with Crippen LogP contribution in [-0.4, -0.2) is 53.7 Å². The van der Waals surface area contributed by atoms with Gasteiger partial charge in [0.15, 0.2) is 0 Å². The number of hydrogen-bond acceptors (Lipinski definition) is 3. The van der Waals surface area contributed by atoms with Crippen molar-refractivity contribution in [2.24, 2.45) is 0 Å². The lowest BCUT2D eigenvalue weighted by Gasteiger charge is -2.38. The largest absolute Gasteiger partial charge is 0.387 e. The molecule has 3 nitrogen and oxygen atoms in total. The van der Waals surface area contributed by atoms with Crippen LogP contribution in [0.15, 0.2) is 18.2 Å². The lowest BCUT2D eigenvalue weighted by molar-refractivity contribution is 0.0584. The summed E-state index contributed by atoms with van der Waals surface area (Å²) >= 11 is 0. The van der Waals surface area contributed by atoms with Crippen LogP contribution in [0.4, 0.5) is 0 Å². The van der Waals surface area contributed by atoms with E-state index in [1.807, 2.05) is 0 Å². The molecular weight excluding hydrogens is 260 g/mol. The highest BCUT2D eigenvalue weighted by atomic mass is 16.3. The molecule has 0 aromatic heterocycles. The van der Waals surface area contributed by atoms with Crippen LogP contribution in [-0.2, 0) is 0 Å². The maximum Gasteiger partial charge on any atom is 0.0917 e. The molecule has 1 aromatic rings. The fraction of sp³-hybridized carbons (Fsp3) is 0.667. The van der Waals surface area contributed by atoms with Crippen LogP contribution in [0.5, 0.6) is 0 Å². The monoisotopic (exact) mass is 290 g/mol. The highest BCUT2D eigenvalue weighted by Gasteiger charge is 2.22. The van der Waals surface area contributed by atoms with Crippen molar-refractivity contribution < 1.29 is 5.11 Å². The standard InChI is InChI=1S/C18H30N2O/c1-5-16(4)20-10-8-19(9-11-20)13-18(21)17-7-6-14(2)15(3)12-17/h6-7,12,16,18,21H,5,8-11,13H2,1-4H3. The zero-order valence-corrected chi connectivity index (χ0v) is 14.0. The Bertz CT molecular complexity index is 453. The van der Waals surface area contributed by atoms with Crippen LogP contribution < -0.4 is 0 Å². The summed E-state index contributed by atoms with van der Waals surface area (Å²) in [5, 5.41) is 10.5. The molecule has 0 saturated carbocycles. The average Bonchev–Trinajstić information content (AvgIpc) is 2.50. The van der Waals surface area contributed by atoms with Gasteiger partial charge in [-0.05, 0) is 43.9 Å². The zero-order chi connectivity index (χ0) is 15.4. The summed E-state index contributed by atoms with van der Waals surface area (Å²) in [4.78, 5) is 4.94. The van der Waals surface area contributed by atoms with E-state index in [2.05, 4.69) is 55.7 Å². The van der Waals surface area contributed by atoms with Gasteiger partial charge in [-0.15, -0.1) is 0 Å². The highest BCUT2D eigenvalue weighted by Crippen LogP contribution is 2.19. The van der Waals surface area contributed by atoms with E-state index in [1.54, 1.807) is 0 Å². The molecule has 1 saturated heterocycles. The predicted molar refractivity (Wildman–Crippen MR) is 88.6 cm³/mol. The van der Waals surface area contributed by atoms with Gasteiger partial charge in [0.2, 0.25) is 0 Å².